The smallest absolute Gasteiger partial charge is 0.211 e. The van der Waals surface area contributed by atoms with Crippen LogP contribution in [0.3, 0.4) is 0 Å². The predicted molar refractivity (Wildman–Crippen MR) is 61.2 cm³/mol. The molecule has 0 saturated carbocycles. The van der Waals surface area contributed by atoms with Gasteiger partial charge in [-0.15, -0.1) is 11.6 Å². The molecule has 0 fully saturated rings. The van der Waals surface area contributed by atoms with Gasteiger partial charge in [0.15, 0.2) is 0 Å². The fourth-order valence-corrected chi connectivity index (χ4v) is 2.37. The zero-order valence-corrected chi connectivity index (χ0v) is 10.7. The van der Waals surface area contributed by atoms with E-state index in [1.807, 2.05) is 20.8 Å². The second kappa shape index (κ2) is 6.64. The zero-order valence-electron chi connectivity index (χ0n) is 9.09. The van der Waals surface area contributed by atoms with Gasteiger partial charge in [-0.1, -0.05) is 20.8 Å². The second-order valence-electron chi connectivity index (χ2n) is 3.86. The van der Waals surface area contributed by atoms with Crippen molar-refractivity contribution in [3.63, 3.8) is 0 Å². The summed E-state index contributed by atoms with van der Waals surface area (Å²) >= 11 is 5.81. The molecule has 0 amide bonds. The highest BCUT2D eigenvalue weighted by atomic mass is 35.5. The lowest BCUT2D eigenvalue weighted by atomic mass is 10.2. The maximum Gasteiger partial charge on any atom is 0.211 e. The van der Waals surface area contributed by atoms with Crippen LogP contribution in [0.5, 0.6) is 0 Å². The summed E-state index contributed by atoms with van der Waals surface area (Å²) < 4.78 is 25.3. The van der Waals surface area contributed by atoms with Crippen LogP contribution < -0.4 is 4.72 Å². The summed E-state index contributed by atoms with van der Waals surface area (Å²) in [5, 5.41) is -0.108. The number of halogens is 1. The molecular weight excluding hydrogens is 222 g/mol. The standard InChI is InChI=1S/C9H20ClNO2S/c1-4-9(10)7-11-14(12,13)6-5-8(2)3/h8-9,11H,4-7H2,1-3H3. The van der Waals surface area contributed by atoms with E-state index in [2.05, 4.69) is 4.72 Å². The van der Waals surface area contributed by atoms with E-state index in [0.29, 0.717) is 18.9 Å². The molecule has 1 atom stereocenters. The van der Waals surface area contributed by atoms with Gasteiger partial charge >= 0.3 is 0 Å². The monoisotopic (exact) mass is 241 g/mol. The molecule has 0 aromatic carbocycles. The maximum absolute atomic E-state index is 11.4. The van der Waals surface area contributed by atoms with E-state index in [-0.39, 0.29) is 11.1 Å². The molecule has 3 nitrogen and oxygen atoms in total. The Kier molecular flexibility index (Phi) is 6.74. The van der Waals surface area contributed by atoms with E-state index in [0.717, 1.165) is 6.42 Å². The van der Waals surface area contributed by atoms with Crippen LogP contribution in [0.15, 0.2) is 0 Å². The van der Waals surface area contributed by atoms with Gasteiger partial charge in [-0.25, -0.2) is 13.1 Å². The molecule has 0 rings (SSSR count). The average molecular weight is 242 g/mol. The normalized spacial score (nSPS) is 14.6. The van der Waals surface area contributed by atoms with E-state index in [1.165, 1.54) is 0 Å². The molecule has 1 N–H and O–H groups in total. The van der Waals surface area contributed by atoms with E-state index in [4.69, 9.17) is 11.6 Å². The summed E-state index contributed by atoms with van der Waals surface area (Å²) in [4.78, 5) is 0. The van der Waals surface area contributed by atoms with Crippen LogP contribution in [0.2, 0.25) is 0 Å². The maximum atomic E-state index is 11.4. The second-order valence-corrected chi connectivity index (χ2v) is 6.40. The van der Waals surface area contributed by atoms with Crippen LogP contribution in [0.25, 0.3) is 0 Å². The van der Waals surface area contributed by atoms with E-state index in [1.54, 1.807) is 0 Å². The van der Waals surface area contributed by atoms with Crippen LogP contribution in [-0.2, 0) is 10.0 Å². The molecule has 0 spiro atoms. The first-order valence-corrected chi connectivity index (χ1v) is 7.07. The van der Waals surface area contributed by atoms with E-state index >= 15 is 0 Å². The fourth-order valence-electron chi connectivity index (χ4n) is 0.825. The van der Waals surface area contributed by atoms with Crippen molar-refractivity contribution in [2.75, 3.05) is 12.3 Å². The fraction of sp³-hybridized carbons (Fsp3) is 1.00. The first-order valence-electron chi connectivity index (χ1n) is 4.98. The number of rotatable bonds is 7. The Hall–Kier alpha value is 0.200. The van der Waals surface area contributed by atoms with Gasteiger partial charge in [0.2, 0.25) is 10.0 Å². The SMILES string of the molecule is CCC(Cl)CNS(=O)(=O)CCC(C)C. The molecule has 0 radical (unpaired) electrons. The Labute approximate surface area is 92.3 Å². The summed E-state index contributed by atoms with van der Waals surface area (Å²) in [5.41, 5.74) is 0. The van der Waals surface area contributed by atoms with Gasteiger partial charge < -0.3 is 0 Å². The lowest BCUT2D eigenvalue weighted by Gasteiger charge is -2.10. The molecule has 0 aromatic heterocycles. The van der Waals surface area contributed by atoms with Crippen molar-refractivity contribution in [2.45, 2.75) is 39.0 Å². The molecule has 5 heteroatoms. The van der Waals surface area contributed by atoms with Gasteiger partial charge in [-0.05, 0) is 18.8 Å². The lowest BCUT2D eigenvalue weighted by Crippen LogP contribution is -2.31. The molecule has 0 saturated heterocycles. The molecule has 0 aliphatic heterocycles. The van der Waals surface area contributed by atoms with Crippen LogP contribution in [-0.4, -0.2) is 26.1 Å². The Bertz CT molecular complexity index is 239. The summed E-state index contributed by atoms with van der Waals surface area (Å²) in [5.74, 6) is 0.599. The first kappa shape index (κ1) is 14.2. The lowest BCUT2D eigenvalue weighted by molar-refractivity contribution is 0.560. The van der Waals surface area contributed by atoms with Gasteiger partial charge in [0, 0.05) is 11.9 Å². The van der Waals surface area contributed by atoms with Gasteiger partial charge in [-0.3, -0.25) is 0 Å². The minimum atomic E-state index is -3.12. The predicted octanol–water partition coefficient (Wildman–Crippen LogP) is 1.97. The number of sulfonamides is 1. The largest absolute Gasteiger partial charge is 0.214 e. The third-order valence-corrected chi connectivity index (χ3v) is 3.77. The first-order chi connectivity index (χ1) is 6.37. The summed E-state index contributed by atoms with van der Waals surface area (Å²) in [6.07, 6.45) is 1.46. The molecule has 0 aliphatic rings. The number of nitrogens with one attached hydrogen (secondary N) is 1. The van der Waals surface area contributed by atoms with Crippen LogP contribution in [0, 0.1) is 5.92 Å². The molecule has 0 aromatic rings. The van der Waals surface area contributed by atoms with Crippen molar-refractivity contribution in [1.29, 1.82) is 0 Å². The van der Waals surface area contributed by atoms with Gasteiger partial charge in [0.1, 0.15) is 0 Å². The van der Waals surface area contributed by atoms with E-state index in [9.17, 15) is 8.42 Å². The van der Waals surface area contributed by atoms with Crippen molar-refractivity contribution in [3.8, 4) is 0 Å². The van der Waals surface area contributed by atoms with Crippen molar-refractivity contribution < 1.29 is 8.42 Å². The Balaban J connectivity index is 3.84. The van der Waals surface area contributed by atoms with Crippen molar-refractivity contribution in [2.24, 2.45) is 5.92 Å². The highest BCUT2D eigenvalue weighted by Crippen LogP contribution is 2.03. The highest BCUT2D eigenvalue weighted by molar-refractivity contribution is 7.89. The Morgan fingerprint density at radius 1 is 1.36 bits per heavy atom. The highest BCUT2D eigenvalue weighted by Gasteiger charge is 2.12. The van der Waals surface area contributed by atoms with Crippen LogP contribution >= 0.6 is 11.6 Å². The van der Waals surface area contributed by atoms with Crippen molar-refractivity contribution in [3.05, 3.63) is 0 Å². The number of hydrogen-bond donors (Lipinski definition) is 1. The Morgan fingerprint density at radius 3 is 2.36 bits per heavy atom. The molecule has 0 heterocycles. The summed E-state index contributed by atoms with van der Waals surface area (Å²) in [6, 6.07) is 0. The minimum absolute atomic E-state index is 0.108. The van der Waals surface area contributed by atoms with Crippen LogP contribution in [0.4, 0.5) is 0 Å². The minimum Gasteiger partial charge on any atom is -0.214 e. The van der Waals surface area contributed by atoms with Gasteiger partial charge in [-0.2, -0.15) is 0 Å². The summed E-state index contributed by atoms with van der Waals surface area (Å²) in [7, 11) is -3.12. The molecule has 0 bridgehead atoms. The van der Waals surface area contributed by atoms with Gasteiger partial charge in [0.25, 0.3) is 0 Å². The Morgan fingerprint density at radius 2 is 1.93 bits per heavy atom. The molecule has 86 valence electrons. The zero-order chi connectivity index (χ0) is 11.2. The third-order valence-electron chi connectivity index (χ3n) is 1.93. The van der Waals surface area contributed by atoms with Crippen LogP contribution in [0.1, 0.15) is 33.6 Å². The van der Waals surface area contributed by atoms with Crippen molar-refractivity contribution in [1.82, 2.24) is 4.72 Å². The topological polar surface area (TPSA) is 46.2 Å². The molecule has 0 aliphatic carbocycles. The third kappa shape index (κ3) is 7.59. The molecular formula is C9H20ClNO2S. The van der Waals surface area contributed by atoms with Gasteiger partial charge in [0.05, 0.1) is 5.75 Å². The van der Waals surface area contributed by atoms with E-state index < -0.39 is 10.0 Å². The van der Waals surface area contributed by atoms with Crippen molar-refractivity contribution >= 4 is 21.6 Å². The number of hydrogen-bond acceptors (Lipinski definition) is 2. The molecule has 14 heavy (non-hydrogen) atoms. The average Bonchev–Trinajstić information content (AvgIpc) is 2.11. The number of alkyl halides is 1. The quantitative estimate of drug-likeness (QED) is 0.693. The summed E-state index contributed by atoms with van der Waals surface area (Å²) in [6.45, 7) is 6.27. The molecule has 1 unspecified atom stereocenters.